The first-order valence-electron chi connectivity index (χ1n) is 11.2. The maximum Gasteiger partial charge on any atom is 0.264 e. The Morgan fingerprint density at radius 3 is 2.25 bits per heavy atom. The van der Waals surface area contributed by atoms with Crippen LogP contribution in [-0.4, -0.2) is 47.9 Å². The van der Waals surface area contributed by atoms with E-state index < -0.39 is 22.5 Å². The minimum atomic E-state index is -4.13. The summed E-state index contributed by atoms with van der Waals surface area (Å²) in [6.07, 6.45) is 2.38. The average molecular weight is 512 g/mol. The molecule has 3 rings (SSSR count). The first-order chi connectivity index (χ1) is 17.4. The molecule has 1 amide bonds. The first-order valence-corrected chi connectivity index (χ1v) is 12.7. The Balaban J connectivity index is 1.80. The molecule has 190 valence electrons. The van der Waals surface area contributed by atoms with Crippen molar-refractivity contribution in [3.8, 4) is 17.2 Å². The molecule has 0 bridgehead atoms. The zero-order chi connectivity index (χ0) is 26.0. The van der Waals surface area contributed by atoms with Gasteiger partial charge in [0.1, 0.15) is 23.8 Å². The Labute approximate surface area is 211 Å². The van der Waals surface area contributed by atoms with Crippen molar-refractivity contribution < 1.29 is 27.4 Å². The highest BCUT2D eigenvalue weighted by Gasteiger charge is 2.29. The molecule has 10 heteroatoms. The summed E-state index contributed by atoms with van der Waals surface area (Å²) in [4.78, 5) is 12.8. The lowest BCUT2D eigenvalue weighted by Crippen LogP contribution is -2.39. The van der Waals surface area contributed by atoms with Crippen LogP contribution in [0.3, 0.4) is 0 Å². The molecule has 0 atom stereocenters. The summed E-state index contributed by atoms with van der Waals surface area (Å²) in [6.45, 7) is 2.14. The normalized spacial score (nSPS) is 11.2. The number of para-hydroxylation sites is 2. The molecule has 0 aliphatic carbocycles. The number of sulfonamides is 1. The summed E-state index contributed by atoms with van der Waals surface area (Å²) in [5.41, 5.74) is 3.35. The van der Waals surface area contributed by atoms with Crippen LogP contribution in [0.25, 0.3) is 0 Å². The highest BCUT2D eigenvalue weighted by atomic mass is 32.2. The van der Waals surface area contributed by atoms with Crippen molar-refractivity contribution in [3.05, 3.63) is 78.4 Å². The lowest BCUT2D eigenvalue weighted by molar-refractivity contribution is -0.119. The molecule has 0 saturated heterocycles. The number of ether oxygens (including phenoxy) is 3. The molecule has 0 spiro atoms. The molecule has 3 aromatic carbocycles. The van der Waals surface area contributed by atoms with Crippen LogP contribution in [0.15, 0.2) is 82.8 Å². The Kier molecular flexibility index (Phi) is 9.29. The smallest absolute Gasteiger partial charge is 0.264 e. The number of benzene rings is 3. The van der Waals surface area contributed by atoms with E-state index in [1.165, 1.54) is 44.7 Å². The highest BCUT2D eigenvalue weighted by Crippen LogP contribution is 2.32. The van der Waals surface area contributed by atoms with Crippen molar-refractivity contribution in [3.63, 3.8) is 0 Å². The van der Waals surface area contributed by atoms with Gasteiger partial charge in [0.05, 0.1) is 37.6 Å². The van der Waals surface area contributed by atoms with Gasteiger partial charge in [-0.3, -0.25) is 9.10 Å². The Bertz CT molecular complexity index is 1280. The second-order valence-electron chi connectivity index (χ2n) is 7.57. The number of carbonyl (C=O) groups is 1. The van der Waals surface area contributed by atoms with Gasteiger partial charge in [-0.2, -0.15) is 5.10 Å². The quantitative estimate of drug-likeness (QED) is 0.293. The summed E-state index contributed by atoms with van der Waals surface area (Å²) in [5, 5.41) is 3.97. The van der Waals surface area contributed by atoms with E-state index in [2.05, 4.69) is 10.5 Å². The van der Waals surface area contributed by atoms with Crippen molar-refractivity contribution in [1.29, 1.82) is 0 Å². The van der Waals surface area contributed by atoms with E-state index in [9.17, 15) is 13.2 Å². The van der Waals surface area contributed by atoms with Crippen molar-refractivity contribution in [1.82, 2.24) is 5.43 Å². The second kappa shape index (κ2) is 12.6. The molecular weight excluding hydrogens is 482 g/mol. The molecule has 0 radical (unpaired) electrons. The largest absolute Gasteiger partial charge is 0.497 e. The van der Waals surface area contributed by atoms with E-state index in [1.807, 2.05) is 19.1 Å². The predicted octanol–water partition coefficient (Wildman–Crippen LogP) is 3.84. The molecular formula is C26H29N3O6S. The van der Waals surface area contributed by atoms with Gasteiger partial charge < -0.3 is 14.2 Å². The zero-order valence-electron chi connectivity index (χ0n) is 20.4. The minimum absolute atomic E-state index is 0.00381. The molecule has 3 aromatic rings. The van der Waals surface area contributed by atoms with Crippen LogP contribution < -0.4 is 23.9 Å². The van der Waals surface area contributed by atoms with Gasteiger partial charge in [-0.25, -0.2) is 13.8 Å². The fourth-order valence-electron chi connectivity index (χ4n) is 3.23. The van der Waals surface area contributed by atoms with Crippen LogP contribution in [0.4, 0.5) is 5.69 Å². The maximum absolute atomic E-state index is 13.5. The maximum atomic E-state index is 13.5. The van der Waals surface area contributed by atoms with Crippen LogP contribution in [0, 0.1) is 0 Å². The van der Waals surface area contributed by atoms with Crippen LogP contribution in [0.1, 0.15) is 18.9 Å². The third kappa shape index (κ3) is 6.76. The summed E-state index contributed by atoms with van der Waals surface area (Å²) < 4.78 is 44.1. The van der Waals surface area contributed by atoms with Crippen LogP contribution in [0.2, 0.25) is 0 Å². The number of anilines is 1. The van der Waals surface area contributed by atoms with E-state index in [0.717, 1.165) is 22.0 Å². The Morgan fingerprint density at radius 1 is 0.944 bits per heavy atom. The molecule has 0 aliphatic heterocycles. The van der Waals surface area contributed by atoms with Crippen LogP contribution in [0.5, 0.6) is 17.2 Å². The minimum Gasteiger partial charge on any atom is -0.497 e. The molecule has 9 nitrogen and oxygen atoms in total. The van der Waals surface area contributed by atoms with E-state index in [1.54, 1.807) is 36.4 Å². The van der Waals surface area contributed by atoms with Gasteiger partial charge in [0.25, 0.3) is 15.9 Å². The number of carbonyl (C=O) groups excluding carboxylic acids is 1. The van der Waals surface area contributed by atoms with Crippen molar-refractivity contribution in [2.45, 2.75) is 18.2 Å². The third-order valence-corrected chi connectivity index (χ3v) is 6.82. The molecule has 1 N–H and O–H groups in total. The Morgan fingerprint density at radius 2 is 1.61 bits per heavy atom. The fraction of sp³-hybridized carbons (Fsp3) is 0.231. The van der Waals surface area contributed by atoms with E-state index >= 15 is 0 Å². The number of hydrazone groups is 1. The number of rotatable bonds is 12. The summed E-state index contributed by atoms with van der Waals surface area (Å²) in [5.74, 6) is 0.928. The monoisotopic (exact) mass is 511 g/mol. The SMILES string of the molecule is CCCOc1ccc(/C=N\NC(=O)CN(c2ccccc2OC)S(=O)(=O)c2ccc(OC)cc2)cc1. The van der Waals surface area contributed by atoms with Crippen molar-refractivity contribution in [2.75, 3.05) is 31.7 Å². The topological polar surface area (TPSA) is 107 Å². The summed E-state index contributed by atoms with van der Waals surface area (Å²) >= 11 is 0. The number of amides is 1. The molecule has 0 unspecified atom stereocenters. The lowest BCUT2D eigenvalue weighted by atomic mass is 10.2. The first kappa shape index (κ1) is 26.6. The standard InChI is InChI=1S/C26H29N3O6S/c1-4-17-35-22-11-9-20(10-12-22)18-27-28-26(30)19-29(24-7-5-6-8-25(24)34-3)36(31,32)23-15-13-21(33-2)14-16-23/h5-16,18H,4,17,19H2,1-3H3,(H,28,30)/b27-18-. The number of nitrogens with zero attached hydrogens (tertiary/aromatic N) is 2. The Hall–Kier alpha value is -4.05. The fourth-order valence-corrected chi connectivity index (χ4v) is 4.66. The second-order valence-corrected chi connectivity index (χ2v) is 9.43. The van der Waals surface area contributed by atoms with Gasteiger partial charge in [-0.05, 0) is 72.6 Å². The number of methoxy groups -OCH3 is 2. The molecule has 0 aliphatic rings. The van der Waals surface area contributed by atoms with E-state index in [-0.39, 0.29) is 10.6 Å². The van der Waals surface area contributed by atoms with Crippen molar-refractivity contribution >= 4 is 27.8 Å². The molecule has 0 fully saturated rings. The molecule has 0 heterocycles. The van der Waals surface area contributed by atoms with Gasteiger partial charge in [-0.15, -0.1) is 0 Å². The average Bonchev–Trinajstić information content (AvgIpc) is 2.91. The van der Waals surface area contributed by atoms with Gasteiger partial charge in [0, 0.05) is 0 Å². The van der Waals surface area contributed by atoms with Crippen molar-refractivity contribution in [2.24, 2.45) is 5.10 Å². The summed E-state index contributed by atoms with van der Waals surface area (Å²) in [6, 6.07) is 19.7. The van der Waals surface area contributed by atoms with Gasteiger partial charge >= 0.3 is 0 Å². The van der Waals surface area contributed by atoms with Gasteiger partial charge in [0.2, 0.25) is 0 Å². The van der Waals surface area contributed by atoms with Crippen LogP contribution in [-0.2, 0) is 14.8 Å². The number of nitrogens with one attached hydrogen (secondary N) is 1. The van der Waals surface area contributed by atoms with E-state index in [0.29, 0.717) is 18.1 Å². The summed E-state index contributed by atoms with van der Waals surface area (Å²) in [7, 11) is -1.20. The number of hydrogen-bond donors (Lipinski definition) is 1. The van der Waals surface area contributed by atoms with E-state index in [4.69, 9.17) is 14.2 Å². The predicted molar refractivity (Wildman–Crippen MR) is 138 cm³/mol. The lowest BCUT2D eigenvalue weighted by Gasteiger charge is -2.25. The van der Waals surface area contributed by atoms with Crippen LogP contribution >= 0.6 is 0 Å². The highest BCUT2D eigenvalue weighted by molar-refractivity contribution is 7.92. The number of hydrogen-bond acceptors (Lipinski definition) is 7. The third-order valence-electron chi connectivity index (χ3n) is 5.04. The van der Waals surface area contributed by atoms with Gasteiger partial charge in [-0.1, -0.05) is 19.1 Å². The molecule has 0 aromatic heterocycles. The molecule has 36 heavy (non-hydrogen) atoms. The molecule has 0 saturated carbocycles. The zero-order valence-corrected chi connectivity index (χ0v) is 21.2. The van der Waals surface area contributed by atoms with Gasteiger partial charge in [0.15, 0.2) is 0 Å².